The van der Waals surface area contributed by atoms with Crippen molar-refractivity contribution in [3.05, 3.63) is 51.9 Å². The van der Waals surface area contributed by atoms with Gasteiger partial charge in [-0.3, -0.25) is 4.79 Å². The fourth-order valence-electron chi connectivity index (χ4n) is 1.38. The van der Waals surface area contributed by atoms with Gasteiger partial charge < -0.3 is 14.5 Å². The Labute approximate surface area is 128 Å². The van der Waals surface area contributed by atoms with Gasteiger partial charge in [0.15, 0.2) is 11.3 Å². The van der Waals surface area contributed by atoms with E-state index in [9.17, 15) is 9.59 Å². The average Bonchev–Trinajstić information content (AvgIpc) is 2.85. The van der Waals surface area contributed by atoms with Crippen molar-refractivity contribution < 1.29 is 18.7 Å². The molecule has 0 fully saturated rings. The Balaban J connectivity index is 1.87. The number of anilines is 1. The summed E-state index contributed by atoms with van der Waals surface area (Å²) < 4.78 is 10.2. The standard InChI is InChI=1S/C13H9BrClNO4/c14-11-6-5-10(20-11)13(18)19-7-12(17)16-9-4-2-1-3-8(9)15/h1-6H,7H2,(H,16,17). The third kappa shape index (κ3) is 3.85. The Hall–Kier alpha value is -1.79. The lowest BCUT2D eigenvalue weighted by molar-refractivity contribution is -0.119. The molecule has 1 heterocycles. The Morgan fingerprint density at radius 3 is 2.65 bits per heavy atom. The predicted molar refractivity (Wildman–Crippen MR) is 76.8 cm³/mol. The first kappa shape index (κ1) is 14.6. The molecule has 2 rings (SSSR count). The van der Waals surface area contributed by atoms with Crippen LogP contribution in [-0.4, -0.2) is 18.5 Å². The largest absolute Gasteiger partial charge is 0.450 e. The Morgan fingerprint density at radius 1 is 1.25 bits per heavy atom. The molecule has 2 aromatic rings. The Morgan fingerprint density at radius 2 is 2.00 bits per heavy atom. The number of esters is 1. The maximum Gasteiger partial charge on any atom is 0.374 e. The van der Waals surface area contributed by atoms with Gasteiger partial charge in [-0.15, -0.1) is 0 Å². The minimum Gasteiger partial charge on any atom is -0.450 e. The van der Waals surface area contributed by atoms with Crippen molar-refractivity contribution in [2.24, 2.45) is 0 Å². The third-order valence-corrected chi connectivity index (χ3v) is 3.01. The van der Waals surface area contributed by atoms with Crippen LogP contribution in [0.1, 0.15) is 10.6 Å². The van der Waals surface area contributed by atoms with Crippen LogP contribution in [-0.2, 0) is 9.53 Å². The molecule has 1 amide bonds. The van der Waals surface area contributed by atoms with Crippen molar-refractivity contribution in [3.63, 3.8) is 0 Å². The molecule has 0 atom stereocenters. The maximum atomic E-state index is 11.6. The highest BCUT2D eigenvalue weighted by Gasteiger charge is 2.14. The van der Waals surface area contributed by atoms with Crippen LogP contribution < -0.4 is 5.32 Å². The maximum absolute atomic E-state index is 11.6. The third-order valence-electron chi connectivity index (χ3n) is 2.26. The zero-order valence-corrected chi connectivity index (χ0v) is 12.4. The summed E-state index contributed by atoms with van der Waals surface area (Å²) in [4.78, 5) is 23.2. The van der Waals surface area contributed by atoms with Crippen molar-refractivity contribution in [1.29, 1.82) is 0 Å². The summed E-state index contributed by atoms with van der Waals surface area (Å²) in [6.45, 7) is -0.428. The van der Waals surface area contributed by atoms with Crippen molar-refractivity contribution >= 4 is 45.1 Å². The van der Waals surface area contributed by atoms with Gasteiger partial charge >= 0.3 is 5.97 Å². The second kappa shape index (κ2) is 6.58. The molecule has 0 aliphatic rings. The van der Waals surface area contributed by atoms with E-state index in [1.54, 1.807) is 30.3 Å². The van der Waals surface area contributed by atoms with E-state index in [4.69, 9.17) is 20.8 Å². The summed E-state index contributed by atoms with van der Waals surface area (Å²) in [5.74, 6) is -1.19. The fraction of sp³-hybridized carbons (Fsp3) is 0.0769. The Bertz CT molecular complexity index is 641. The van der Waals surface area contributed by atoms with Gasteiger partial charge in [0.1, 0.15) is 0 Å². The number of carbonyl (C=O) groups is 2. The first-order valence-corrected chi connectivity index (χ1v) is 6.70. The molecular weight excluding hydrogens is 350 g/mol. The van der Waals surface area contributed by atoms with Crippen LogP contribution in [0.3, 0.4) is 0 Å². The lowest BCUT2D eigenvalue weighted by Gasteiger charge is -2.07. The normalized spacial score (nSPS) is 10.1. The molecule has 0 radical (unpaired) electrons. The van der Waals surface area contributed by atoms with Crippen molar-refractivity contribution in [1.82, 2.24) is 0 Å². The van der Waals surface area contributed by atoms with Gasteiger partial charge in [-0.05, 0) is 40.2 Å². The molecule has 104 valence electrons. The quantitative estimate of drug-likeness (QED) is 0.850. The van der Waals surface area contributed by atoms with Crippen molar-refractivity contribution in [3.8, 4) is 0 Å². The molecule has 1 aromatic heterocycles. The van der Waals surface area contributed by atoms with Gasteiger partial charge in [-0.25, -0.2) is 4.79 Å². The minimum atomic E-state index is -0.718. The molecule has 20 heavy (non-hydrogen) atoms. The van der Waals surface area contributed by atoms with Crippen LogP contribution in [0.15, 0.2) is 45.5 Å². The van der Waals surface area contributed by atoms with Gasteiger partial charge in [0, 0.05) is 0 Å². The van der Waals surface area contributed by atoms with Crippen molar-refractivity contribution in [2.45, 2.75) is 0 Å². The second-order valence-electron chi connectivity index (χ2n) is 3.71. The second-order valence-corrected chi connectivity index (χ2v) is 4.90. The molecule has 0 saturated heterocycles. The number of nitrogens with one attached hydrogen (secondary N) is 1. The van der Waals surface area contributed by atoms with E-state index in [0.29, 0.717) is 15.4 Å². The zero-order valence-electron chi connectivity index (χ0n) is 10.1. The summed E-state index contributed by atoms with van der Waals surface area (Å²) in [6, 6.07) is 9.76. The molecule has 5 nitrogen and oxygen atoms in total. The lowest BCUT2D eigenvalue weighted by atomic mass is 10.3. The van der Waals surface area contributed by atoms with E-state index in [-0.39, 0.29) is 5.76 Å². The molecule has 1 aromatic carbocycles. The monoisotopic (exact) mass is 357 g/mol. The van der Waals surface area contributed by atoms with Crippen LogP contribution in [0, 0.1) is 0 Å². The van der Waals surface area contributed by atoms with E-state index in [2.05, 4.69) is 21.2 Å². The molecule has 0 unspecified atom stereocenters. The highest BCUT2D eigenvalue weighted by Crippen LogP contribution is 2.20. The van der Waals surface area contributed by atoms with Crippen LogP contribution in [0.2, 0.25) is 5.02 Å². The zero-order chi connectivity index (χ0) is 14.5. The van der Waals surface area contributed by atoms with E-state index < -0.39 is 18.5 Å². The summed E-state index contributed by atoms with van der Waals surface area (Å²) in [6.07, 6.45) is 0. The van der Waals surface area contributed by atoms with E-state index in [0.717, 1.165) is 0 Å². The number of furan rings is 1. The van der Waals surface area contributed by atoms with Gasteiger partial charge in [0.25, 0.3) is 5.91 Å². The fourth-order valence-corrected chi connectivity index (χ4v) is 1.86. The number of hydrogen-bond donors (Lipinski definition) is 1. The van der Waals surface area contributed by atoms with Gasteiger partial charge in [-0.2, -0.15) is 0 Å². The number of benzene rings is 1. The van der Waals surface area contributed by atoms with Gasteiger partial charge in [0.05, 0.1) is 10.7 Å². The average molecular weight is 359 g/mol. The van der Waals surface area contributed by atoms with Gasteiger partial charge in [-0.1, -0.05) is 23.7 Å². The highest BCUT2D eigenvalue weighted by molar-refractivity contribution is 9.10. The van der Waals surface area contributed by atoms with Crippen LogP contribution >= 0.6 is 27.5 Å². The topological polar surface area (TPSA) is 68.5 Å². The van der Waals surface area contributed by atoms with Crippen LogP contribution in [0.5, 0.6) is 0 Å². The number of ether oxygens (including phenoxy) is 1. The minimum absolute atomic E-state index is 0.0161. The summed E-state index contributed by atoms with van der Waals surface area (Å²) in [5.41, 5.74) is 0.455. The van der Waals surface area contributed by atoms with Crippen LogP contribution in [0.4, 0.5) is 5.69 Å². The molecule has 0 saturated carbocycles. The molecule has 1 N–H and O–H groups in total. The van der Waals surface area contributed by atoms with Gasteiger partial charge in [0.2, 0.25) is 5.76 Å². The number of carbonyl (C=O) groups excluding carboxylic acids is 2. The first-order valence-electron chi connectivity index (χ1n) is 5.53. The first-order chi connectivity index (χ1) is 9.56. The molecule has 7 heteroatoms. The number of para-hydroxylation sites is 1. The predicted octanol–water partition coefficient (Wildman–Crippen LogP) is 3.49. The van der Waals surface area contributed by atoms with Crippen molar-refractivity contribution in [2.75, 3.05) is 11.9 Å². The van der Waals surface area contributed by atoms with E-state index >= 15 is 0 Å². The molecule has 0 spiro atoms. The van der Waals surface area contributed by atoms with E-state index in [1.807, 2.05) is 0 Å². The van der Waals surface area contributed by atoms with E-state index in [1.165, 1.54) is 6.07 Å². The Kier molecular flexibility index (Phi) is 4.81. The number of amides is 1. The summed E-state index contributed by atoms with van der Waals surface area (Å²) >= 11 is 8.95. The highest BCUT2D eigenvalue weighted by atomic mass is 79.9. The lowest BCUT2D eigenvalue weighted by Crippen LogP contribution is -2.20. The number of hydrogen-bond acceptors (Lipinski definition) is 4. The molecule has 0 aliphatic carbocycles. The number of halogens is 2. The van der Waals surface area contributed by atoms with Crippen LogP contribution in [0.25, 0.3) is 0 Å². The molecular formula is C13H9BrClNO4. The smallest absolute Gasteiger partial charge is 0.374 e. The summed E-state index contributed by atoms with van der Waals surface area (Å²) in [5, 5.41) is 2.94. The molecule has 0 bridgehead atoms. The SMILES string of the molecule is O=C(COC(=O)c1ccc(Br)o1)Nc1ccccc1Cl. The molecule has 0 aliphatic heterocycles. The summed E-state index contributed by atoms with van der Waals surface area (Å²) in [7, 11) is 0. The number of rotatable bonds is 4.